The summed E-state index contributed by atoms with van der Waals surface area (Å²) in [7, 11) is 0. The fourth-order valence-corrected chi connectivity index (χ4v) is 3.14. The monoisotopic (exact) mass is 308 g/mol. The van der Waals surface area contributed by atoms with E-state index in [9.17, 15) is 4.79 Å². The van der Waals surface area contributed by atoms with Gasteiger partial charge in [-0.3, -0.25) is 4.79 Å². The molecule has 0 saturated carbocycles. The van der Waals surface area contributed by atoms with Crippen LogP contribution in [0.3, 0.4) is 0 Å². The summed E-state index contributed by atoms with van der Waals surface area (Å²) in [6, 6.07) is 14.1. The van der Waals surface area contributed by atoms with Crippen molar-refractivity contribution in [3.63, 3.8) is 0 Å². The summed E-state index contributed by atoms with van der Waals surface area (Å²) in [5.74, 6) is 0.675. The van der Waals surface area contributed by atoms with Gasteiger partial charge in [0, 0.05) is 17.9 Å². The highest BCUT2D eigenvalue weighted by molar-refractivity contribution is 5.96. The van der Waals surface area contributed by atoms with E-state index in [0.29, 0.717) is 12.3 Å². The highest BCUT2D eigenvalue weighted by Gasteiger charge is 2.23. The summed E-state index contributed by atoms with van der Waals surface area (Å²) in [6.45, 7) is 5.21. The summed E-state index contributed by atoms with van der Waals surface area (Å²) < 4.78 is 0. The molecule has 0 fully saturated rings. The molecule has 3 rings (SSSR count). The van der Waals surface area contributed by atoms with Gasteiger partial charge >= 0.3 is 0 Å². The Bertz CT molecular complexity index is 704. The molecule has 0 saturated heterocycles. The van der Waals surface area contributed by atoms with Crippen LogP contribution in [0.25, 0.3) is 0 Å². The minimum Gasteiger partial charge on any atom is -0.399 e. The van der Waals surface area contributed by atoms with Crippen molar-refractivity contribution in [3.8, 4) is 0 Å². The van der Waals surface area contributed by atoms with Crippen molar-refractivity contribution >= 4 is 17.3 Å². The Morgan fingerprint density at radius 1 is 1.17 bits per heavy atom. The third-order valence-electron chi connectivity index (χ3n) is 4.52. The van der Waals surface area contributed by atoms with Gasteiger partial charge in [0.2, 0.25) is 5.91 Å². The molecule has 2 aromatic rings. The zero-order valence-corrected chi connectivity index (χ0v) is 13.9. The summed E-state index contributed by atoms with van der Waals surface area (Å²) in [5.41, 5.74) is 11.2. The van der Waals surface area contributed by atoms with Gasteiger partial charge in [-0.25, -0.2) is 0 Å². The number of carbonyl (C=O) groups excluding carboxylic acids is 1. The van der Waals surface area contributed by atoms with Crippen LogP contribution in [0.1, 0.15) is 42.9 Å². The normalized spacial score (nSPS) is 14.0. The van der Waals surface area contributed by atoms with Gasteiger partial charge in [-0.15, -0.1) is 0 Å². The van der Waals surface area contributed by atoms with Crippen molar-refractivity contribution in [1.29, 1.82) is 0 Å². The molecule has 0 aliphatic carbocycles. The number of hydrogen-bond donors (Lipinski definition) is 1. The van der Waals surface area contributed by atoms with Gasteiger partial charge < -0.3 is 10.6 Å². The van der Waals surface area contributed by atoms with Gasteiger partial charge in [0.25, 0.3) is 0 Å². The Hall–Kier alpha value is -2.29. The molecule has 3 nitrogen and oxygen atoms in total. The number of aryl methyl sites for hydroxylation is 1. The average Bonchev–Trinajstić information content (AvgIpc) is 2.55. The fraction of sp³-hybridized carbons (Fsp3) is 0.350. The van der Waals surface area contributed by atoms with E-state index in [1.807, 2.05) is 29.2 Å². The first kappa shape index (κ1) is 15.6. The zero-order chi connectivity index (χ0) is 16.4. The van der Waals surface area contributed by atoms with E-state index in [1.165, 1.54) is 11.1 Å². The van der Waals surface area contributed by atoms with Crippen molar-refractivity contribution < 1.29 is 4.79 Å². The molecule has 1 heterocycles. The maximum Gasteiger partial charge on any atom is 0.231 e. The van der Waals surface area contributed by atoms with E-state index in [-0.39, 0.29) is 5.91 Å². The van der Waals surface area contributed by atoms with Crippen molar-refractivity contribution in [3.05, 3.63) is 59.2 Å². The number of anilines is 2. The molecular weight excluding hydrogens is 284 g/mol. The third kappa shape index (κ3) is 3.39. The van der Waals surface area contributed by atoms with Crippen LogP contribution in [0.5, 0.6) is 0 Å². The second-order valence-electron chi connectivity index (χ2n) is 6.61. The third-order valence-corrected chi connectivity index (χ3v) is 4.52. The molecule has 1 amide bonds. The van der Waals surface area contributed by atoms with Gasteiger partial charge in [0.1, 0.15) is 0 Å². The summed E-state index contributed by atoms with van der Waals surface area (Å²) in [6.07, 6.45) is 2.51. The maximum atomic E-state index is 12.7. The standard InChI is InChI=1S/C20H24N2O/c1-14(2)16-7-10-19-17(13-16)4-3-11-22(19)20(23)12-15-5-8-18(21)9-6-15/h5-10,13-14H,3-4,11-12,21H2,1-2H3. The lowest BCUT2D eigenvalue weighted by Gasteiger charge is -2.30. The molecule has 0 bridgehead atoms. The highest BCUT2D eigenvalue weighted by Crippen LogP contribution is 2.30. The van der Waals surface area contributed by atoms with Gasteiger partial charge in [-0.1, -0.05) is 38.1 Å². The average molecular weight is 308 g/mol. The largest absolute Gasteiger partial charge is 0.399 e. The Morgan fingerprint density at radius 3 is 2.61 bits per heavy atom. The number of rotatable bonds is 3. The van der Waals surface area contributed by atoms with Crippen LogP contribution in [0.2, 0.25) is 0 Å². The van der Waals surface area contributed by atoms with E-state index in [0.717, 1.165) is 36.3 Å². The number of hydrogen-bond acceptors (Lipinski definition) is 2. The molecule has 0 aromatic heterocycles. The van der Waals surface area contributed by atoms with Crippen molar-refractivity contribution in [1.82, 2.24) is 0 Å². The number of carbonyl (C=O) groups is 1. The highest BCUT2D eigenvalue weighted by atomic mass is 16.2. The molecular formula is C20H24N2O. The van der Waals surface area contributed by atoms with Crippen LogP contribution in [0.4, 0.5) is 11.4 Å². The quantitative estimate of drug-likeness (QED) is 0.874. The van der Waals surface area contributed by atoms with Crippen LogP contribution < -0.4 is 10.6 Å². The molecule has 0 unspecified atom stereocenters. The number of benzene rings is 2. The van der Waals surface area contributed by atoms with E-state index in [1.54, 1.807) is 0 Å². The topological polar surface area (TPSA) is 46.3 Å². The van der Waals surface area contributed by atoms with Gasteiger partial charge in [-0.05, 0) is 53.6 Å². The minimum atomic E-state index is 0.160. The van der Waals surface area contributed by atoms with Crippen molar-refractivity contribution in [2.45, 2.75) is 39.0 Å². The smallest absolute Gasteiger partial charge is 0.231 e. The zero-order valence-electron chi connectivity index (χ0n) is 13.9. The fourth-order valence-electron chi connectivity index (χ4n) is 3.14. The van der Waals surface area contributed by atoms with Crippen LogP contribution in [0, 0.1) is 0 Å². The summed E-state index contributed by atoms with van der Waals surface area (Å²) >= 11 is 0. The molecule has 2 aromatic carbocycles. The van der Waals surface area contributed by atoms with E-state index in [2.05, 4.69) is 32.0 Å². The number of fused-ring (bicyclic) bond motifs is 1. The molecule has 120 valence electrons. The van der Waals surface area contributed by atoms with Crippen molar-refractivity contribution in [2.24, 2.45) is 0 Å². The first-order chi connectivity index (χ1) is 11.0. The van der Waals surface area contributed by atoms with Gasteiger partial charge in [-0.2, -0.15) is 0 Å². The molecule has 0 spiro atoms. The lowest BCUT2D eigenvalue weighted by atomic mass is 9.94. The van der Waals surface area contributed by atoms with Gasteiger partial charge in [0.15, 0.2) is 0 Å². The lowest BCUT2D eigenvalue weighted by molar-refractivity contribution is -0.118. The Labute approximate surface area is 138 Å². The minimum absolute atomic E-state index is 0.160. The molecule has 3 heteroatoms. The van der Waals surface area contributed by atoms with Crippen molar-refractivity contribution in [2.75, 3.05) is 17.2 Å². The van der Waals surface area contributed by atoms with Gasteiger partial charge in [0.05, 0.1) is 6.42 Å². The Kier molecular flexibility index (Phi) is 4.37. The Morgan fingerprint density at radius 2 is 1.91 bits per heavy atom. The maximum absolute atomic E-state index is 12.7. The number of amides is 1. The van der Waals surface area contributed by atoms with Crippen LogP contribution >= 0.6 is 0 Å². The molecule has 1 aliphatic heterocycles. The molecule has 0 radical (unpaired) electrons. The number of nitrogen functional groups attached to an aromatic ring is 1. The lowest BCUT2D eigenvalue weighted by Crippen LogP contribution is -2.36. The molecule has 0 atom stereocenters. The van der Waals surface area contributed by atoms with E-state index in [4.69, 9.17) is 5.73 Å². The second kappa shape index (κ2) is 6.45. The summed E-state index contributed by atoms with van der Waals surface area (Å²) in [5, 5.41) is 0. The Balaban J connectivity index is 1.81. The number of nitrogens with zero attached hydrogens (tertiary/aromatic N) is 1. The van der Waals surface area contributed by atoms with Crippen LogP contribution in [-0.4, -0.2) is 12.5 Å². The van der Waals surface area contributed by atoms with E-state index >= 15 is 0 Å². The SMILES string of the molecule is CC(C)c1ccc2c(c1)CCCN2C(=O)Cc1ccc(N)cc1. The summed E-state index contributed by atoms with van der Waals surface area (Å²) in [4.78, 5) is 14.7. The second-order valence-corrected chi connectivity index (χ2v) is 6.61. The molecule has 23 heavy (non-hydrogen) atoms. The number of nitrogens with two attached hydrogens (primary N) is 1. The molecule has 1 aliphatic rings. The predicted molar refractivity (Wildman–Crippen MR) is 95.8 cm³/mol. The predicted octanol–water partition coefficient (Wildman–Crippen LogP) is 3.91. The van der Waals surface area contributed by atoms with Crippen LogP contribution in [0.15, 0.2) is 42.5 Å². The first-order valence-electron chi connectivity index (χ1n) is 8.32. The van der Waals surface area contributed by atoms with E-state index < -0.39 is 0 Å². The first-order valence-corrected chi connectivity index (χ1v) is 8.32. The molecule has 2 N–H and O–H groups in total. The van der Waals surface area contributed by atoms with Crippen LogP contribution in [-0.2, 0) is 17.6 Å².